The molecule has 96 valence electrons. The fourth-order valence-electron chi connectivity index (χ4n) is 1.94. The first kappa shape index (κ1) is 12.3. The summed E-state index contributed by atoms with van der Waals surface area (Å²) in [5.74, 6) is 0.442. The molecule has 1 saturated heterocycles. The van der Waals surface area contributed by atoms with Gasteiger partial charge in [0.15, 0.2) is 0 Å². The minimum Gasteiger partial charge on any atom is -0.357 e. The molecule has 2 N–H and O–H groups in total. The highest BCUT2D eigenvalue weighted by Crippen LogP contribution is 2.19. The Bertz CT molecular complexity index is 476. The van der Waals surface area contributed by atoms with E-state index in [1.54, 1.807) is 24.2 Å². The van der Waals surface area contributed by atoms with Crippen molar-refractivity contribution in [2.75, 3.05) is 23.8 Å². The zero-order chi connectivity index (χ0) is 13.1. The van der Waals surface area contributed by atoms with Crippen molar-refractivity contribution in [3.8, 4) is 0 Å². The summed E-state index contributed by atoms with van der Waals surface area (Å²) in [6, 6.07) is 1.32. The molecule has 0 saturated carbocycles. The molecule has 0 aliphatic carbocycles. The van der Waals surface area contributed by atoms with Gasteiger partial charge in [0.1, 0.15) is 11.9 Å². The third-order valence-electron chi connectivity index (χ3n) is 2.80. The van der Waals surface area contributed by atoms with Gasteiger partial charge in [-0.05, 0) is 12.5 Å². The van der Waals surface area contributed by atoms with Gasteiger partial charge in [0.2, 0.25) is 17.8 Å². The number of aromatic nitrogens is 2. The van der Waals surface area contributed by atoms with Crippen LogP contribution >= 0.6 is 0 Å². The number of amides is 2. The molecular weight excluding hydrogens is 234 g/mol. The normalized spacial score (nSPS) is 19.7. The van der Waals surface area contributed by atoms with Gasteiger partial charge in [0.25, 0.3) is 0 Å². The third-order valence-corrected chi connectivity index (χ3v) is 2.80. The molecule has 1 fully saturated rings. The predicted octanol–water partition coefficient (Wildman–Crippen LogP) is -0.240. The lowest BCUT2D eigenvalue weighted by Crippen LogP contribution is -2.58. The number of rotatable bonds is 3. The number of piperazine rings is 1. The molecule has 0 radical (unpaired) electrons. The predicted molar refractivity (Wildman–Crippen MR) is 66.2 cm³/mol. The van der Waals surface area contributed by atoms with E-state index in [1.165, 1.54) is 0 Å². The van der Waals surface area contributed by atoms with E-state index in [0.29, 0.717) is 18.2 Å². The Balaban J connectivity index is 2.33. The molecule has 2 amide bonds. The summed E-state index contributed by atoms with van der Waals surface area (Å²) in [5.41, 5.74) is 0. The van der Waals surface area contributed by atoms with Gasteiger partial charge in [-0.1, -0.05) is 6.92 Å². The molecular formula is C11H15N5O2. The number of hydrogen-bond acceptors (Lipinski definition) is 6. The number of carbonyl (C=O) groups excluding carboxylic acids is 2. The Hall–Kier alpha value is -2.18. The van der Waals surface area contributed by atoms with E-state index >= 15 is 0 Å². The first-order chi connectivity index (χ1) is 8.65. The Kier molecular flexibility index (Phi) is 3.40. The number of nitrogens with one attached hydrogen (secondary N) is 2. The summed E-state index contributed by atoms with van der Waals surface area (Å²) >= 11 is 0. The van der Waals surface area contributed by atoms with Crippen molar-refractivity contribution in [3.63, 3.8) is 0 Å². The third kappa shape index (κ3) is 2.24. The number of hydrogen-bond donors (Lipinski definition) is 2. The van der Waals surface area contributed by atoms with Gasteiger partial charge in [-0.15, -0.1) is 0 Å². The maximum Gasteiger partial charge on any atom is 0.249 e. The summed E-state index contributed by atoms with van der Waals surface area (Å²) in [6.45, 7) is 2.03. The van der Waals surface area contributed by atoms with Crippen molar-refractivity contribution >= 4 is 23.6 Å². The van der Waals surface area contributed by atoms with E-state index in [4.69, 9.17) is 0 Å². The average molecular weight is 249 g/mol. The van der Waals surface area contributed by atoms with E-state index < -0.39 is 0 Å². The molecule has 7 nitrogen and oxygen atoms in total. The summed E-state index contributed by atoms with van der Waals surface area (Å²) in [4.78, 5) is 33.1. The van der Waals surface area contributed by atoms with Crippen LogP contribution in [0.4, 0.5) is 11.8 Å². The molecule has 18 heavy (non-hydrogen) atoms. The quantitative estimate of drug-likeness (QED) is 0.719. The fraction of sp³-hybridized carbons (Fsp3) is 0.455. The monoisotopic (exact) mass is 249 g/mol. The maximum absolute atomic E-state index is 11.7. The zero-order valence-corrected chi connectivity index (χ0v) is 10.3. The van der Waals surface area contributed by atoms with Crippen molar-refractivity contribution in [2.24, 2.45) is 0 Å². The van der Waals surface area contributed by atoms with E-state index in [-0.39, 0.29) is 24.4 Å². The van der Waals surface area contributed by atoms with Crippen LogP contribution in [0.15, 0.2) is 12.3 Å². The molecule has 2 rings (SSSR count). The number of anilines is 2. The van der Waals surface area contributed by atoms with Crippen LogP contribution in [-0.2, 0) is 9.59 Å². The van der Waals surface area contributed by atoms with Gasteiger partial charge in [0, 0.05) is 13.2 Å². The number of carbonyl (C=O) groups is 2. The van der Waals surface area contributed by atoms with Crippen molar-refractivity contribution in [1.82, 2.24) is 15.3 Å². The Morgan fingerprint density at radius 1 is 1.56 bits per heavy atom. The molecule has 1 aromatic rings. The second-order valence-electron chi connectivity index (χ2n) is 3.95. The lowest BCUT2D eigenvalue weighted by molar-refractivity contribution is -0.132. The highest BCUT2D eigenvalue weighted by atomic mass is 16.2. The molecule has 1 aliphatic rings. The molecule has 1 aliphatic heterocycles. The molecule has 7 heteroatoms. The van der Waals surface area contributed by atoms with Crippen molar-refractivity contribution in [3.05, 3.63) is 12.3 Å². The van der Waals surface area contributed by atoms with Crippen LogP contribution in [0.25, 0.3) is 0 Å². The summed E-state index contributed by atoms with van der Waals surface area (Å²) in [5, 5.41) is 5.16. The van der Waals surface area contributed by atoms with Crippen LogP contribution < -0.4 is 15.5 Å². The number of imide groups is 1. The van der Waals surface area contributed by atoms with Crippen LogP contribution in [0.5, 0.6) is 0 Å². The van der Waals surface area contributed by atoms with Gasteiger partial charge in [-0.25, -0.2) is 4.98 Å². The van der Waals surface area contributed by atoms with Gasteiger partial charge < -0.3 is 10.2 Å². The van der Waals surface area contributed by atoms with Crippen LogP contribution in [0.2, 0.25) is 0 Å². The molecule has 1 atom stereocenters. The smallest absolute Gasteiger partial charge is 0.249 e. The van der Waals surface area contributed by atoms with Crippen LogP contribution in [0.3, 0.4) is 0 Å². The minimum absolute atomic E-state index is 0.129. The maximum atomic E-state index is 11.7. The highest BCUT2D eigenvalue weighted by Gasteiger charge is 2.33. The second-order valence-corrected chi connectivity index (χ2v) is 3.95. The Labute approximate surface area is 105 Å². The highest BCUT2D eigenvalue weighted by molar-refractivity contribution is 6.04. The van der Waals surface area contributed by atoms with E-state index in [9.17, 15) is 9.59 Å². The minimum atomic E-state index is -0.373. The molecule has 1 unspecified atom stereocenters. The van der Waals surface area contributed by atoms with Gasteiger partial charge in [0.05, 0.1) is 6.54 Å². The van der Waals surface area contributed by atoms with E-state index in [0.717, 1.165) is 0 Å². The van der Waals surface area contributed by atoms with Crippen molar-refractivity contribution < 1.29 is 9.59 Å². The van der Waals surface area contributed by atoms with Gasteiger partial charge in [-0.3, -0.25) is 14.9 Å². The van der Waals surface area contributed by atoms with E-state index in [2.05, 4.69) is 20.6 Å². The van der Waals surface area contributed by atoms with E-state index in [1.807, 2.05) is 6.92 Å². The zero-order valence-electron chi connectivity index (χ0n) is 10.3. The molecule has 2 heterocycles. The Morgan fingerprint density at radius 2 is 2.33 bits per heavy atom. The fourth-order valence-corrected chi connectivity index (χ4v) is 1.94. The van der Waals surface area contributed by atoms with Crippen molar-refractivity contribution in [1.29, 1.82) is 0 Å². The van der Waals surface area contributed by atoms with Gasteiger partial charge >= 0.3 is 0 Å². The number of nitrogens with zero attached hydrogens (tertiary/aromatic N) is 3. The molecule has 0 aromatic carbocycles. The first-order valence-corrected chi connectivity index (χ1v) is 5.76. The van der Waals surface area contributed by atoms with Crippen LogP contribution in [0, 0.1) is 0 Å². The van der Waals surface area contributed by atoms with Gasteiger partial charge in [-0.2, -0.15) is 4.98 Å². The Morgan fingerprint density at radius 3 is 3.00 bits per heavy atom. The van der Waals surface area contributed by atoms with Crippen LogP contribution in [0.1, 0.15) is 13.3 Å². The van der Waals surface area contributed by atoms with Crippen LogP contribution in [-0.4, -0.2) is 41.4 Å². The lowest BCUT2D eigenvalue weighted by Gasteiger charge is -2.34. The lowest BCUT2D eigenvalue weighted by atomic mass is 10.1. The summed E-state index contributed by atoms with van der Waals surface area (Å²) < 4.78 is 0. The van der Waals surface area contributed by atoms with Crippen molar-refractivity contribution in [2.45, 2.75) is 19.4 Å². The standard InChI is InChI=1S/C11H15N5O2/c1-3-7-10(18)15-9(17)6-16(7)8-4-5-13-11(12-2)14-8/h4-5,7H,3,6H2,1-2H3,(H,12,13,14)(H,15,17,18). The largest absolute Gasteiger partial charge is 0.357 e. The summed E-state index contributed by atoms with van der Waals surface area (Å²) in [6.07, 6.45) is 2.20. The summed E-state index contributed by atoms with van der Waals surface area (Å²) in [7, 11) is 1.71. The average Bonchev–Trinajstić information content (AvgIpc) is 2.38. The SMILES string of the molecule is CCC1C(=O)NC(=O)CN1c1ccnc(NC)n1. The molecule has 0 spiro atoms. The first-order valence-electron chi connectivity index (χ1n) is 5.76. The molecule has 1 aromatic heterocycles. The second kappa shape index (κ2) is 4.99. The molecule has 0 bridgehead atoms. The topological polar surface area (TPSA) is 87.2 Å².